The molecule has 3 aliphatic rings. The summed E-state index contributed by atoms with van der Waals surface area (Å²) in [6.45, 7) is 5.14. The molecule has 2 N–H and O–H groups in total. The number of aromatic nitrogens is 3. The molecule has 0 unspecified atom stereocenters. The topological polar surface area (TPSA) is 60.0 Å². The van der Waals surface area contributed by atoms with Gasteiger partial charge in [0.1, 0.15) is 12.0 Å². The van der Waals surface area contributed by atoms with E-state index in [0.717, 1.165) is 24.6 Å². The lowest BCUT2D eigenvalue weighted by Crippen LogP contribution is -2.53. The molecule has 2 aliphatic carbocycles. The minimum Gasteiger partial charge on any atom is -0.383 e. The summed E-state index contributed by atoms with van der Waals surface area (Å²) in [7, 11) is 0. The van der Waals surface area contributed by atoms with Crippen LogP contribution in [0.2, 0.25) is 0 Å². The summed E-state index contributed by atoms with van der Waals surface area (Å²) >= 11 is 0. The van der Waals surface area contributed by atoms with Gasteiger partial charge in [-0.2, -0.15) is 18.3 Å². The molecule has 2 aromatic heterocycles. The molecule has 30 heavy (non-hydrogen) atoms. The van der Waals surface area contributed by atoms with Crippen molar-refractivity contribution in [3.63, 3.8) is 0 Å². The van der Waals surface area contributed by atoms with Crippen molar-refractivity contribution in [1.82, 2.24) is 19.7 Å². The Morgan fingerprint density at radius 3 is 2.37 bits per heavy atom. The molecule has 0 radical (unpaired) electrons. The van der Waals surface area contributed by atoms with Crippen LogP contribution in [-0.2, 0) is 6.18 Å². The first-order valence-corrected chi connectivity index (χ1v) is 10.4. The number of nitrogen functional groups attached to an aromatic ring is 1. The maximum absolute atomic E-state index is 13.2. The van der Waals surface area contributed by atoms with E-state index in [9.17, 15) is 17.6 Å². The van der Waals surface area contributed by atoms with Crippen LogP contribution in [0.15, 0.2) is 18.3 Å². The van der Waals surface area contributed by atoms with E-state index in [4.69, 9.17) is 5.73 Å². The Hall–Kier alpha value is -2.16. The average molecular weight is 423 g/mol. The molecule has 0 amide bonds. The molecule has 162 valence electrons. The highest BCUT2D eigenvalue weighted by Crippen LogP contribution is 2.64. The van der Waals surface area contributed by atoms with Crippen LogP contribution in [0.5, 0.6) is 0 Å². The summed E-state index contributed by atoms with van der Waals surface area (Å²) in [6.07, 6.45) is -1.78. The van der Waals surface area contributed by atoms with Gasteiger partial charge in [0.25, 0.3) is 0 Å². The van der Waals surface area contributed by atoms with Gasteiger partial charge < -0.3 is 5.73 Å². The van der Waals surface area contributed by atoms with Gasteiger partial charge >= 0.3 is 6.18 Å². The summed E-state index contributed by atoms with van der Waals surface area (Å²) in [5, 5.41) is 4.62. The standard InChI is InChI=1S/C21H25F4N5/c1-10(2)30-18(19-14-4-13(5-15(14)19)29-8-12(22)9-29)6-17(28-30)11-3-16(21(23,24)25)20(26)27-7-11/h3,6-7,10,12-15,19H,4-5,8-9H2,1-2H3,(H2,26,27)/t13-,14-,15+,19+. The van der Waals surface area contributed by atoms with E-state index in [0.29, 0.717) is 48.1 Å². The first-order valence-electron chi connectivity index (χ1n) is 10.4. The monoisotopic (exact) mass is 423 g/mol. The van der Waals surface area contributed by atoms with Gasteiger partial charge in [-0.15, -0.1) is 0 Å². The quantitative estimate of drug-likeness (QED) is 0.746. The molecule has 5 rings (SSSR count). The van der Waals surface area contributed by atoms with Gasteiger partial charge in [0.2, 0.25) is 0 Å². The summed E-state index contributed by atoms with van der Waals surface area (Å²) in [6, 6.07) is 3.50. The lowest BCUT2D eigenvalue weighted by atomic mass is 9.99. The van der Waals surface area contributed by atoms with Gasteiger partial charge in [0.05, 0.1) is 11.3 Å². The Morgan fingerprint density at radius 2 is 1.80 bits per heavy atom. The first-order chi connectivity index (χ1) is 14.1. The number of hydrogen-bond acceptors (Lipinski definition) is 4. The maximum atomic E-state index is 13.2. The van der Waals surface area contributed by atoms with Crippen LogP contribution >= 0.6 is 0 Å². The van der Waals surface area contributed by atoms with E-state index in [2.05, 4.69) is 15.0 Å². The smallest absolute Gasteiger partial charge is 0.383 e. The van der Waals surface area contributed by atoms with Crippen molar-refractivity contribution in [2.24, 2.45) is 11.8 Å². The van der Waals surface area contributed by atoms with Gasteiger partial charge in [0, 0.05) is 48.5 Å². The van der Waals surface area contributed by atoms with Gasteiger partial charge in [0.15, 0.2) is 0 Å². The van der Waals surface area contributed by atoms with Crippen molar-refractivity contribution >= 4 is 5.82 Å². The molecule has 1 aliphatic heterocycles. The van der Waals surface area contributed by atoms with Crippen LogP contribution in [-0.4, -0.2) is 45.0 Å². The van der Waals surface area contributed by atoms with Crippen LogP contribution in [0.3, 0.4) is 0 Å². The number of alkyl halides is 4. The molecule has 2 saturated carbocycles. The molecule has 0 aromatic carbocycles. The molecule has 5 nitrogen and oxygen atoms in total. The van der Waals surface area contributed by atoms with Crippen molar-refractivity contribution in [3.05, 3.63) is 29.6 Å². The molecule has 1 saturated heterocycles. The zero-order chi connectivity index (χ0) is 21.4. The van der Waals surface area contributed by atoms with Gasteiger partial charge in [-0.1, -0.05) is 0 Å². The summed E-state index contributed by atoms with van der Waals surface area (Å²) < 4.78 is 54.8. The van der Waals surface area contributed by atoms with E-state index in [-0.39, 0.29) is 6.04 Å². The zero-order valence-corrected chi connectivity index (χ0v) is 16.9. The zero-order valence-electron chi connectivity index (χ0n) is 16.9. The fourth-order valence-electron chi connectivity index (χ4n) is 5.36. The second kappa shape index (κ2) is 6.67. The maximum Gasteiger partial charge on any atom is 0.419 e. The van der Waals surface area contributed by atoms with Gasteiger partial charge in [-0.25, -0.2) is 9.37 Å². The summed E-state index contributed by atoms with van der Waals surface area (Å²) in [5.41, 5.74) is 6.38. The Labute approximate surface area is 172 Å². The van der Waals surface area contributed by atoms with Crippen molar-refractivity contribution in [2.75, 3.05) is 18.8 Å². The van der Waals surface area contributed by atoms with E-state index >= 15 is 0 Å². The van der Waals surface area contributed by atoms with Crippen LogP contribution < -0.4 is 5.73 Å². The average Bonchev–Trinajstić information content (AvgIpc) is 3.00. The van der Waals surface area contributed by atoms with Crippen LogP contribution in [0.1, 0.15) is 49.9 Å². The Balaban J connectivity index is 1.40. The third-order valence-corrected chi connectivity index (χ3v) is 6.92. The van der Waals surface area contributed by atoms with Gasteiger partial charge in [-0.3, -0.25) is 9.58 Å². The fraction of sp³-hybridized carbons (Fsp3) is 0.619. The second-order valence-electron chi connectivity index (χ2n) is 9.18. The summed E-state index contributed by atoms with van der Waals surface area (Å²) in [4.78, 5) is 5.98. The molecule has 0 spiro atoms. The van der Waals surface area contributed by atoms with Crippen molar-refractivity contribution in [1.29, 1.82) is 0 Å². The highest BCUT2D eigenvalue weighted by Gasteiger charge is 2.59. The third-order valence-electron chi connectivity index (χ3n) is 6.92. The highest BCUT2D eigenvalue weighted by atomic mass is 19.4. The lowest BCUT2D eigenvalue weighted by Gasteiger charge is -2.40. The predicted octanol–water partition coefficient (Wildman–Crippen LogP) is 4.27. The van der Waals surface area contributed by atoms with E-state index in [1.807, 2.05) is 24.6 Å². The molecule has 3 fully saturated rings. The Bertz CT molecular complexity index is 951. The highest BCUT2D eigenvalue weighted by molar-refractivity contribution is 5.63. The van der Waals surface area contributed by atoms with E-state index in [1.54, 1.807) is 0 Å². The minimum atomic E-state index is -4.56. The van der Waals surface area contributed by atoms with Crippen LogP contribution in [0, 0.1) is 11.8 Å². The Morgan fingerprint density at radius 1 is 1.13 bits per heavy atom. The molecule has 0 bridgehead atoms. The number of halogens is 4. The molecule has 3 heterocycles. The molecule has 9 heteroatoms. The van der Waals surface area contributed by atoms with E-state index < -0.39 is 23.7 Å². The number of fused-ring (bicyclic) bond motifs is 1. The molecular formula is C21H25F4N5. The number of anilines is 1. The van der Waals surface area contributed by atoms with Crippen LogP contribution in [0.4, 0.5) is 23.4 Å². The van der Waals surface area contributed by atoms with Crippen molar-refractivity contribution in [3.8, 4) is 11.3 Å². The second-order valence-corrected chi connectivity index (χ2v) is 9.18. The van der Waals surface area contributed by atoms with Crippen molar-refractivity contribution < 1.29 is 17.6 Å². The SMILES string of the molecule is CC(C)n1nc(-c2cnc(N)c(C(F)(F)F)c2)cc1[C@H]1[C@@H]2C[C@@H](N3CC(F)C3)C[C@@H]21. The molecule has 4 atom stereocenters. The normalized spacial score (nSPS) is 29.3. The van der Waals surface area contributed by atoms with Gasteiger partial charge in [-0.05, 0) is 50.7 Å². The number of hydrogen-bond donors (Lipinski definition) is 1. The number of nitrogens with two attached hydrogens (primary N) is 1. The number of nitrogens with zero attached hydrogens (tertiary/aromatic N) is 4. The van der Waals surface area contributed by atoms with Crippen LogP contribution in [0.25, 0.3) is 11.3 Å². The molecular weight excluding hydrogens is 398 g/mol. The largest absolute Gasteiger partial charge is 0.419 e. The van der Waals surface area contributed by atoms with Crippen molar-refractivity contribution in [2.45, 2.75) is 57.0 Å². The predicted molar refractivity (Wildman–Crippen MR) is 104 cm³/mol. The lowest BCUT2D eigenvalue weighted by molar-refractivity contribution is -0.137. The first kappa shape index (κ1) is 19.8. The fourth-order valence-corrected chi connectivity index (χ4v) is 5.36. The number of rotatable bonds is 4. The minimum absolute atomic E-state index is 0.0948. The number of likely N-dealkylation sites (tertiary alicyclic amines) is 1. The molecule has 2 aromatic rings. The third kappa shape index (κ3) is 3.18. The Kier molecular flexibility index (Phi) is 4.40. The summed E-state index contributed by atoms with van der Waals surface area (Å²) in [5.74, 6) is 0.937. The number of pyridine rings is 1. The van der Waals surface area contributed by atoms with E-state index in [1.165, 1.54) is 6.20 Å².